The number of ether oxygens (including phenoxy) is 1. The second-order valence-corrected chi connectivity index (χ2v) is 4.84. The van der Waals surface area contributed by atoms with Crippen LogP contribution in [0.1, 0.15) is 31.4 Å². The molecule has 1 aromatic carbocycles. The molecule has 1 fully saturated rings. The van der Waals surface area contributed by atoms with E-state index in [4.69, 9.17) is 9.84 Å². The van der Waals surface area contributed by atoms with Gasteiger partial charge in [0.2, 0.25) is 0 Å². The summed E-state index contributed by atoms with van der Waals surface area (Å²) >= 11 is 0. The minimum Gasteiger partial charge on any atom is -0.479 e. The van der Waals surface area contributed by atoms with E-state index in [-0.39, 0.29) is 18.0 Å². The largest absolute Gasteiger partial charge is 0.479 e. The lowest BCUT2D eigenvalue weighted by molar-refractivity contribution is -0.149. The zero-order valence-electron chi connectivity index (χ0n) is 10.8. The van der Waals surface area contributed by atoms with Crippen LogP contribution in [0.25, 0.3) is 0 Å². The first-order valence-electron chi connectivity index (χ1n) is 6.43. The highest BCUT2D eigenvalue weighted by Gasteiger charge is 2.30. The standard InChI is InChI=1S/C14H18FNO3/c1-9(10-2-4-11(15)5-3-10)16-8-12-6-7-13(19-12)14(17)18/h2-5,9,12-13,16H,6-8H2,1H3,(H,17,18)/t9-,12?,13?/m0/s1. The number of carboxylic acid groups (broad SMARTS) is 1. The van der Waals surface area contributed by atoms with Crippen LogP contribution in [0.4, 0.5) is 4.39 Å². The van der Waals surface area contributed by atoms with E-state index in [0.29, 0.717) is 13.0 Å². The number of hydrogen-bond acceptors (Lipinski definition) is 3. The Morgan fingerprint density at radius 3 is 2.74 bits per heavy atom. The molecule has 1 aliphatic heterocycles. The Balaban J connectivity index is 1.79. The lowest BCUT2D eigenvalue weighted by Gasteiger charge is -2.17. The molecule has 0 radical (unpaired) electrons. The molecular weight excluding hydrogens is 249 g/mol. The fourth-order valence-electron chi connectivity index (χ4n) is 2.22. The van der Waals surface area contributed by atoms with Gasteiger partial charge in [-0.25, -0.2) is 9.18 Å². The zero-order valence-corrected chi connectivity index (χ0v) is 10.8. The third kappa shape index (κ3) is 3.75. The van der Waals surface area contributed by atoms with Gasteiger partial charge in [-0.15, -0.1) is 0 Å². The van der Waals surface area contributed by atoms with E-state index in [0.717, 1.165) is 12.0 Å². The molecular formula is C14H18FNO3. The summed E-state index contributed by atoms with van der Waals surface area (Å²) in [4.78, 5) is 10.8. The van der Waals surface area contributed by atoms with Crippen molar-refractivity contribution in [2.24, 2.45) is 0 Å². The topological polar surface area (TPSA) is 58.6 Å². The number of nitrogens with one attached hydrogen (secondary N) is 1. The van der Waals surface area contributed by atoms with E-state index in [1.54, 1.807) is 12.1 Å². The highest BCUT2D eigenvalue weighted by atomic mass is 19.1. The molecule has 1 heterocycles. The van der Waals surface area contributed by atoms with Gasteiger partial charge in [-0.05, 0) is 37.5 Å². The molecule has 1 saturated heterocycles. The average molecular weight is 267 g/mol. The molecule has 0 bridgehead atoms. The molecule has 5 heteroatoms. The van der Waals surface area contributed by atoms with Gasteiger partial charge >= 0.3 is 5.97 Å². The van der Waals surface area contributed by atoms with Crippen molar-refractivity contribution in [1.82, 2.24) is 5.32 Å². The third-order valence-corrected chi connectivity index (χ3v) is 3.40. The van der Waals surface area contributed by atoms with Crippen molar-refractivity contribution >= 4 is 5.97 Å². The van der Waals surface area contributed by atoms with Crippen molar-refractivity contribution < 1.29 is 19.0 Å². The van der Waals surface area contributed by atoms with Gasteiger partial charge in [-0.2, -0.15) is 0 Å². The van der Waals surface area contributed by atoms with E-state index < -0.39 is 12.1 Å². The first kappa shape index (κ1) is 14.0. The first-order valence-corrected chi connectivity index (χ1v) is 6.43. The minimum absolute atomic E-state index is 0.0657. The lowest BCUT2D eigenvalue weighted by atomic mass is 10.1. The van der Waals surface area contributed by atoms with E-state index in [2.05, 4.69) is 5.32 Å². The number of carboxylic acids is 1. The Morgan fingerprint density at radius 2 is 2.16 bits per heavy atom. The molecule has 0 saturated carbocycles. The van der Waals surface area contributed by atoms with Crippen LogP contribution in [-0.4, -0.2) is 29.8 Å². The summed E-state index contributed by atoms with van der Waals surface area (Å²) < 4.78 is 18.2. The number of aliphatic carboxylic acids is 1. The van der Waals surface area contributed by atoms with Crippen molar-refractivity contribution in [2.75, 3.05) is 6.54 Å². The Labute approximate surface area is 111 Å². The van der Waals surface area contributed by atoms with Gasteiger partial charge in [-0.1, -0.05) is 12.1 Å². The average Bonchev–Trinajstić information content (AvgIpc) is 2.86. The summed E-state index contributed by atoms with van der Waals surface area (Å²) in [5.41, 5.74) is 0.995. The Morgan fingerprint density at radius 1 is 1.47 bits per heavy atom. The maximum atomic E-state index is 12.8. The summed E-state index contributed by atoms with van der Waals surface area (Å²) in [5.74, 6) is -1.14. The summed E-state index contributed by atoms with van der Waals surface area (Å²) in [7, 11) is 0. The van der Waals surface area contributed by atoms with Gasteiger partial charge < -0.3 is 15.2 Å². The van der Waals surface area contributed by atoms with E-state index in [1.807, 2.05) is 6.92 Å². The fraction of sp³-hybridized carbons (Fsp3) is 0.500. The fourth-order valence-corrected chi connectivity index (χ4v) is 2.22. The quantitative estimate of drug-likeness (QED) is 0.858. The maximum Gasteiger partial charge on any atom is 0.332 e. The van der Waals surface area contributed by atoms with Crippen LogP contribution < -0.4 is 5.32 Å². The van der Waals surface area contributed by atoms with Crippen LogP contribution >= 0.6 is 0 Å². The second kappa shape index (κ2) is 6.12. The van der Waals surface area contributed by atoms with Crippen molar-refractivity contribution in [3.05, 3.63) is 35.6 Å². The van der Waals surface area contributed by atoms with Gasteiger partial charge in [0.25, 0.3) is 0 Å². The molecule has 0 spiro atoms. The summed E-state index contributed by atoms with van der Waals surface area (Å²) in [6.45, 7) is 2.58. The first-order chi connectivity index (χ1) is 9.06. The van der Waals surface area contributed by atoms with Crippen molar-refractivity contribution in [2.45, 2.75) is 38.0 Å². The zero-order chi connectivity index (χ0) is 13.8. The van der Waals surface area contributed by atoms with Gasteiger partial charge in [0.1, 0.15) is 5.82 Å². The molecule has 1 aromatic rings. The lowest BCUT2D eigenvalue weighted by Crippen LogP contribution is -2.30. The predicted molar refractivity (Wildman–Crippen MR) is 68.3 cm³/mol. The van der Waals surface area contributed by atoms with Crippen LogP contribution in [0.3, 0.4) is 0 Å². The van der Waals surface area contributed by atoms with Crippen LogP contribution in [-0.2, 0) is 9.53 Å². The number of halogens is 1. The molecule has 1 aliphatic rings. The van der Waals surface area contributed by atoms with Crippen molar-refractivity contribution in [3.8, 4) is 0 Å². The molecule has 0 aliphatic carbocycles. The van der Waals surface area contributed by atoms with E-state index >= 15 is 0 Å². The van der Waals surface area contributed by atoms with Gasteiger partial charge in [0.15, 0.2) is 6.10 Å². The van der Waals surface area contributed by atoms with Crippen LogP contribution in [0, 0.1) is 5.82 Å². The normalized spacial score (nSPS) is 24.3. The number of hydrogen-bond donors (Lipinski definition) is 2. The van der Waals surface area contributed by atoms with Gasteiger partial charge in [0, 0.05) is 12.6 Å². The van der Waals surface area contributed by atoms with Crippen molar-refractivity contribution in [1.29, 1.82) is 0 Å². The van der Waals surface area contributed by atoms with Gasteiger partial charge in [0.05, 0.1) is 6.10 Å². The molecule has 2 unspecified atom stereocenters. The molecule has 4 nitrogen and oxygen atoms in total. The number of rotatable bonds is 5. The summed E-state index contributed by atoms with van der Waals surface area (Å²) in [6, 6.07) is 6.42. The van der Waals surface area contributed by atoms with Crippen molar-refractivity contribution in [3.63, 3.8) is 0 Å². The SMILES string of the molecule is C[C@H](NCC1CCC(C(=O)O)O1)c1ccc(F)cc1. The molecule has 3 atom stereocenters. The van der Waals surface area contributed by atoms with Crippen LogP contribution in [0.2, 0.25) is 0 Å². The maximum absolute atomic E-state index is 12.8. The molecule has 2 rings (SSSR count). The van der Waals surface area contributed by atoms with E-state index in [1.165, 1.54) is 12.1 Å². The Kier molecular flexibility index (Phi) is 4.50. The highest BCUT2D eigenvalue weighted by Crippen LogP contribution is 2.20. The Hall–Kier alpha value is -1.46. The van der Waals surface area contributed by atoms with E-state index in [9.17, 15) is 9.18 Å². The molecule has 2 N–H and O–H groups in total. The van der Waals surface area contributed by atoms with Gasteiger partial charge in [-0.3, -0.25) is 0 Å². The molecule has 104 valence electrons. The summed E-state index contributed by atoms with van der Waals surface area (Å²) in [6.07, 6.45) is 0.573. The monoisotopic (exact) mass is 267 g/mol. The third-order valence-electron chi connectivity index (χ3n) is 3.40. The highest BCUT2D eigenvalue weighted by molar-refractivity contribution is 5.72. The number of carbonyl (C=O) groups is 1. The molecule has 0 aromatic heterocycles. The summed E-state index contributed by atoms with van der Waals surface area (Å²) in [5, 5.41) is 12.1. The minimum atomic E-state index is -0.894. The second-order valence-electron chi connectivity index (χ2n) is 4.84. The molecule has 0 amide bonds. The number of benzene rings is 1. The molecule has 19 heavy (non-hydrogen) atoms. The predicted octanol–water partition coefficient (Wildman–Crippen LogP) is 2.11. The van der Waals surface area contributed by atoms with Crippen LogP contribution in [0.15, 0.2) is 24.3 Å². The Bertz CT molecular complexity index is 435. The van der Waals surface area contributed by atoms with Crippen LogP contribution in [0.5, 0.6) is 0 Å². The smallest absolute Gasteiger partial charge is 0.332 e.